The number of hydrogen-bond acceptors (Lipinski definition) is 3. The second-order valence-electron chi connectivity index (χ2n) is 3.70. The maximum atomic E-state index is 13.4. The summed E-state index contributed by atoms with van der Waals surface area (Å²) in [7, 11) is -4.23. The monoisotopic (exact) mass is 285 g/mol. The van der Waals surface area contributed by atoms with Gasteiger partial charge in [-0.2, -0.15) is 0 Å². The lowest BCUT2D eigenvalue weighted by Crippen LogP contribution is -2.14. The van der Waals surface area contributed by atoms with Crippen molar-refractivity contribution in [1.29, 1.82) is 0 Å². The van der Waals surface area contributed by atoms with Gasteiger partial charge in [0.05, 0.1) is 5.69 Å². The molecule has 0 atom stereocenters. The topological polar surface area (TPSA) is 66.4 Å². The summed E-state index contributed by atoms with van der Waals surface area (Å²) >= 11 is 0. The fraction of sp³-hybridized carbons (Fsp3) is 0. The molecule has 0 saturated carbocycles. The third-order valence-electron chi connectivity index (χ3n) is 2.33. The van der Waals surface area contributed by atoms with Crippen LogP contribution in [0.5, 0.6) is 5.75 Å². The number of anilines is 1. The first-order chi connectivity index (χ1) is 8.90. The maximum absolute atomic E-state index is 13.4. The fourth-order valence-corrected chi connectivity index (χ4v) is 2.60. The molecule has 19 heavy (non-hydrogen) atoms. The van der Waals surface area contributed by atoms with Crippen molar-refractivity contribution in [2.75, 3.05) is 4.72 Å². The third-order valence-corrected chi connectivity index (χ3v) is 3.73. The molecule has 0 saturated heterocycles. The van der Waals surface area contributed by atoms with Gasteiger partial charge < -0.3 is 5.11 Å². The Balaban J connectivity index is 2.43. The summed E-state index contributed by atoms with van der Waals surface area (Å²) in [6.45, 7) is 0. The molecule has 0 unspecified atom stereocenters. The Morgan fingerprint density at radius 3 is 2.42 bits per heavy atom. The highest BCUT2D eigenvalue weighted by molar-refractivity contribution is 7.92. The molecule has 0 aliphatic carbocycles. The van der Waals surface area contributed by atoms with Gasteiger partial charge in [-0.05, 0) is 24.3 Å². The van der Waals surface area contributed by atoms with E-state index in [1.54, 1.807) is 0 Å². The van der Waals surface area contributed by atoms with Gasteiger partial charge in [-0.1, -0.05) is 12.1 Å². The smallest absolute Gasteiger partial charge is 0.264 e. The molecule has 7 heteroatoms. The van der Waals surface area contributed by atoms with Crippen molar-refractivity contribution in [2.45, 2.75) is 4.90 Å². The Morgan fingerprint density at radius 2 is 1.74 bits per heavy atom. The minimum atomic E-state index is -4.23. The number of aromatic hydroxyl groups is 1. The molecule has 100 valence electrons. The van der Waals surface area contributed by atoms with Gasteiger partial charge in [-0.15, -0.1) is 0 Å². The van der Waals surface area contributed by atoms with Gasteiger partial charge in [-0.3, -0.25) is 4.72 Å². The van der Waals surface area contributed by atoms with Crippen LogP contribution in [0.1, 0.15) is 0 Å². The predicted octanol–water partition coefficient (Wildman–Crippen LogP) is 2.47. The second kappa shape index (κ2) is 4.85. The van der Waals surface area contributed by atoms with E-state index in [9.17, 15) is 22.3 Å². The van der Waals surface area contributed by atoms with Crippen LogP contribution >= 0.6 is 0 Å². The van der Waals surface area contributed by atoms with Gasteiger partial charge >= 0.3 is 0 Å². The zero-order chi connectivity index (χ0) is 14.0. The van der Waals surface area contributed by atoms with E-state index >= 15 is 0 Å². The number of rotatable bonds is 3. The summed E-state index contributed by atoms with van der Waals surface area (Å²) in [6.07, 6.45) is 0. The van der Waals surface area contributed by atoms with Crippen LogP contribution in [-0.4, -0.2) is 13.5 Å². The zero-order valence-corrected chi connectivity index (χ0v) is 10.3. The van der Waals surface area contributed by atoms with Crippen LogP contribution in [-0.2, 0) is 10.0 Å². The van der Waals surface area contributed by atoms with Crippen LogP contribution in [0.2, 0.25) is 0 Å². The highest BCUT2D eigenvalue weighted by Gasteiger charge is 2.20. The van der Waals surface area contributed by atoms with Crippen molar-refractivity contribution < 1.29 is 22.3 Å². The number of halogens is 2. The van der Waals surface area contributed by atoms with E-state index in [4.69, 9.17) is 0 Å². The number of phenolic OH excluding ortho intramolecular Hbond substituents is 1. The zero-order valence-electron chi connectivity index (χ0n) is 9.47. The molecule has 2 aromatic carbocycles. The summed E-state index contributed by atoms with van der Waals surface area (Å²) in [5.74, 6) is -2.13. The van der Waals surface area contributed by atoms with Crippen molar-refractivity contribution in [1.82, 2.24) is 0 Å². The van der Waals surface area contributed by atoms with Gasteiger partial charge in [0.25, 0.3) is 10.0 Å². The summed E-state index contributed by atoms with van der Waals surface area (Å²) in [6, 6.07) is 7.50. The first-order valence-electron chi connectivity index (χ1n) is 5.16. The largest absolute Gasteiger partial charge is 0.506 e. The molecule has 2 rings (SSSR count). The molecular formula is C12H9F2NO3S. The van der Waals surface area contributed by atoms with Crippen LogP contribution in [0.3, 0.4) is 0 Å². The lowest BCUT2D eigenvalue weighted by Gasteiger charge is -2.10. The Kier molecular flexibility index (Phi) is 3.39. The van der Waals surface area contributed by atoms with E-state index in [2.05, 4.69) is 0 Å². The lowest BCUT2D eigenvalue weighted by molar-refractivity contribution is 0.475. The van der Waals surface area contributed by atoms with Crippen LogP contribution in [0.25, 0.3) is 0 Å². The molecule has 0 radical (unpaired) electrons. The molecule has 0 fully saturated rings. The number of hydrogen-bond donors (Lipinski definition) is 2. The molecular weight excluding hydrogens is 276 g/mol. The van der Waals surface area contributed by atoms with Crippen molar-refractivity contribution in [3.63, 3.8) is 0 Å². The fourth-order valence-electron chi connectivity index (χ4n) is 1.45. The molecule has 0 amide bonds. The van der Waals surface area contributed by atoms with E-state index in [1.807, 2.05) is 4.72 Å². The Morgan fingerprint density at radius 1 is 1.05 bits per heavy atom. The van der Waals surface area contributed by atoms with Crippen LogP contribution in [0.4, 0.5) is 14.5 Å². The third kappa shape index (κ3) is 2.82. The summed E-state index contributed by atoms with van der Waals surface area (Å²) in [5, 5.41) is 9.43. The number of benzene rings is 2. The average Bonchev–Trinajstić information content (AvgIpc) is 2.34. The van der Waals surface area contributed by atoms with Crippen molar-refractivity contribution in [3.8, 4) is 5.75 Å². The molecule has 0 spiro atoms. The maximum Gasteiger partial charge on any atom is 0.264 e. The highest BCUT2D eigenvalue weighted by Crippen LogP contribution is 2.27. The average molecular weight is 285 g/mol. The van der Waals surface area contributed by atoms with Gasteiger partial charge in [0, 0.05) is 6.07 Å². The predicted molar refractivity (Wildman–Crippen MR) is 65.3 cm³/mol. The van der Waals surface area contributed by atoms with Gasteiger partial charge in [0.15, 0.2) is 0 Å². The molecule has 0 aliphatic rings. The van der Waals surface area contributed by atoms with E-state index < -0.39 is 32.3 Å². The van der Waals surface area contributed by atoms with E-state index in [0.717, 1.165) is 30.3 Å². The first kappa shape index (κ1) is 13.3. The van der Waals surface area contributed by atoms with Gasteiger partial charge in [0.1, 0.15) is 22.3 Å². The Labute approximate surface area is 108 Å². The number of nitrogens with one attached hydrogen (secondary N) is 1. The Hall–Kier alpha value is -2.15. The van der Waals surface area contributed by atoms with E-state index in [0.29, 0.717) is 0 Å². The quantitative estimate of drug-likeness (QED) is 0.851. The molecule has 2 N–H and O–H groups in total. The molecule has 2 aromatic rings. The van der Waals surface area contributed by atoms with Gasteiger partial charge in [0.2, 0.25) is 0 Å². The van der Waals surface area contributed by atoms with E-state index in [-0.39, 0.29) is 5.69 Å². The molecule has 0 aliphatic heterocycles. The summed E-state index contributed by atoms with van der Waals surface area (Å²) < 4.78 is 52.1. The van der Waals surface area contributed by atoms with Crippen molar-refractivity contribution in [3.05, 3.63) is 54.1 Å². The van der Waals surface area contributed by atoms with Crippen LogP contribution in [0.15, 0.2) is 47.4 Å². The normalized spacial score (nSPS) is 11.3. The standard InChI is InChI=1S/C12H9F2NO3S/c13-8-5-6-11(16)10(7-8)15-19(17,18)12-4-2-1-3-9(12)14/h1-7,15-16H. The minimum Gasteiger partial charge on any atom is -0.506 e. The number of sulfonamides is 1. The Bertz CT molecular complexity index is 717. The molecule has 4 nitrogen and oxygen atoms in total. The van der Waals surface area contributed by atoms with Crippen molar-refractivity contribution in [2.24, 2.45) is 0 Å². The minimum absolute atomic E-state index is 0.358. The van der Waals surface area contributed by atoms with Crippen LogP contribution < -0.4 is 4.72 Å². The second-order valence-corrected chi connectivity index (χ2v) is 5.35. The van der Waals surface area contributed by atoms with Crippen LogP contribution in [0, 0.1) is 11.6 Å². The van der Waals surface area contributed by atoms with E-state index in [1.165, 1.54) is 12.1 Å². The number of phenols is 1. The lowest BCUT2D eigenvalue weighted by atomic mass is 10.3. The highest BCUT2D eigenvalue weighted by atomic mass is 32.2. The summed E-state index contributed by atoms with van der Waals surface area (Å²) in [5.41, 5.74) is -0.358. The molecule has 0 heterocycles. The van der Waals surface area contributed by atoms with Crippen molar-refractivity contribution >= 4 is 15.7 Å². The molecule has 0 bridgehead atoms. The SMILES string of the molecule is O=S(=O)(Nc1cc(F)ccc1O)c1ccccc1F. The first-order valence-corrected chi connectivity index (χ1v) is 6.64. The molecule has 0 aromatic heterocycles. The summed E-state index contributed by atoms with van der Waals surface area (Å²) in [4.78, 5) is -0.585. The van der Waals surface area contributed by atoms with Gasteiger partial charge in [-0.25, -0.2) is 17.2 Å².